The van der Waals surface area contributed by atoms with Gasteiger partial charge in [-0.25, -0.2) is 0 Å². The molecule has 2 aliphatic heterocycles. The Morgan fingerprint density at radius 2 is 1.52 bits per heavy atom. The van der Waals surface area contributed by atoms with Crippen LogP contribution >= 0.6 is 0 Å². The van der Waals surface area contributed by atoms with Crippen LogP contribution < -0.4 is 10.6 Å². The van der Waals surface area contributed by atoms with Crippen molar-refractivity contribution in [2.45, 2.75) is 77.3 Å². The number of piperidine rings is 1. The molecule has 0 bridgehead atoms. The van der Waals surface area contributed by atoms with E-state index in [2.05, 4.69) is 69.2 Å². The van der Waals surface area contributed by atoms with Gasteiger partial charge in [-0.3, -0.25) is 4.90 Å². The molecule has 0 aromatic heterocycles. The number of hydrogen-bond acceptors (Lipinski definition) is 4. The molecule has 0 saturated carbocycles. The summed E-state index contributed by atoms with van der Waals surface area (Å²) in [6.45, 7) is 19.6. The third-order valence-electron chi connectivity index (χ3n) is 6.27. The van der Waals surface area contributed by atoms with E-state index in [9.17, 15) is 5.11 Å². The average Bonchev–Trinajstić information content (AvgIpc) is 2.57. The molecule has 27 heavy (non-hydrogen) atoms. The van der Waals surface area contributed by atoms with Crippen LogP contribution in [0.25, 0.3) is 0 Å². The maximum absolute atomic E-state index is 10.9. The molecule has 0 unspecified atom stereocenters. The van der Waals surface area contributed by atoms with E-state index >= 15 is 0 Å². The van der Waals surface area contributed by atoms with E-state index in [1.165, 1.54) is 18.4 Å². The van der Waals surface area contributed by atoms with Gasteiger partial charge >= 0.3 is 0 Å². The molecule has 3 N–H and O–H groups in total. The summed E-state index contributed by atoms with van der Waals surface area (Å²) in [5.41, 5.74) is 3.63. The molecule has 152 valence electrons. The van der Waals surface area contributed by atoms with E-state index in [0.29, 0.717) is 11.3 Å². The Balaban J connectivity index is 1.79. The molecule has 0 amide bonds. The number of rotatable bonds is 2. The van der Waals surface area contributed by atoms with Gasteiger partial charge in [-0.05, 0) is 40.4 Å². The third-order valence-corrected chi connectivity index (χ3v) is 6.27. The van der Waals surface area contributed by atoms with E-state index in [1.54, 1.807) is 0 Å². The van der Waals surface area contributed by atoms with Gasteiger partial charge in [0.15, 0.2) is 0 Å². The van der Waals surface area contributed by atoms with E-state index in [-0.39, 0.29) is 10.8 Å². The second kappa shape index (κ2) is 7.38. The number of benzene rings is 1. The fourth-order valence-corrected chi connectivity index (χ4v) is 4.49. The number of phenols is 1. The lowest BCUT2D eigenvalue weighted by molar-refractivity contribution is 0.116. The first-order valence-corrected chi connectivity index (χ1v) is 10.6. The van der Waals surface area contributed by atoms with Crippen LogP contribution in [0.2, 0.25) is 0 Å². The lowest BCUT2D eigenvalue weighted by Gasteiger charge is -2.45. The summed E-state index contributed by atoms with van der Waals surface area (Å²) in [5, 5.41) is 18.2. The molecule has 4 nitrogen and oxygen atoms in total. The van der Waals surface area contributed by atoms with Crippen molar-refractivity contribution in [2.24, 2.45) is 0 Å². The fourth-order valence-electron chi connectivity index (χ4n) is 4.49. The highest BCUT2D eigenvalue weighted by Gasteiger charge is 2.35. The quantitative estimate of drug-likeness (QED) is 0.742. The maximum atomic E-state index is 10.9. The Bertz CT molecular complexity index is 618. The second-order valence-electron chi connectivity index (χ2n) is 10.7. The molecule has 0 atom stereocenters. The monoisotopic (exact) mass is 373 g/mol. The van der Waals surface area contributed by atoms with Gasteiger partial charge in [0.25, 0.3) is 0 Å². The summed E-state index contributed by atoms with van der Waals surface area (Å²) in [6.07, 6.45) is 2.41. The zero-order valence-corrected chi connectivity index (χ0v) is 18.2. The molecule has 2 fully saturated rings. The van der Waals surface area contributed by atoms with E-state index < -0.39 is 0 Å². The van der Waals surface area contributed by atoms with Crippen molar-refractivity contribution in [3.63, 3.8) is 0 Å². The number of piperazine rings is 1. The number of aromatic hydroxyl groups is 1. The van der Waals surface area contributed by atoms with Crippen molar-refractivity contribution < 1.29 is 5.11 Å². The Labute approximate surface area is 165 Å². The summed E-state index contributed by atoms with van der Waals surface area (Å²) in [4.78, 5) is 2.58. The summed E-state index contributed by atoms with van der Waals surface area (Å²) in [6, 6.07) is 4.46. The van der Waals surface area contributed by atoms with Crippen molar-refractivity contribution >= 4 is 0 Å². The van der Waals surface area contributed by atoms with Crippen molar-refractivity contribution in [1.82, 2.24) is 15.5 Å². The largest absolute Gasteiger partial charge is 0.507 e. The Morgan fingerprint density at radius 3 is 1.96 bits per heavy atom. The summed E-state index contributed by atoms with van der Waals surface area (Å²) >= 11 is 0. The molecule has 3 rings (SSSR count). The summed E-state index contributed by atoms with van der Waals surface area (Å²) < 4.78 is 0. The molecule has 0 aliphatic carbocycles. The van der Waals surface area contributed by atoms with Crippen LogP contribution in [0.5, 0.6) is 5.75 Å². The smallest absolute Gasteiger partial charge is 0.123 e. The SMILES string of the molecule is CC(C)(C)c1cc(CN2CCC3(CC2)CNCCN3)cc(C(C)(C)C)c1O. The highest BCUT2D eigenvalue weighted by Crippen LogP contribution is 2.40. The highest BCUT2D eigenvalue weighted by molar-refractivity contribution is 5.49. The van der Waals surface area contributed by atoms with E-state index in [0.717, 1.165) is 50.4 Å². The second-order valence-corrected chi connectivity index (χ2v) is 10.7. The molecule has 2 aliphatic rings. The van der Waals surface area contributed by atoms with Gasteiger partial charge in [0.05, 0.1) is 0 Å². The molecule has 4 heteroatoms. The van der Waals surface area contributed by atoms with Crippen LogP contribution in [0.15, 0.2) is 12.1 Å². The molecular weight excluding hydrogens is 334 g/mol. The lowest BCUT2D eigenvalue weighted by Crippen LogP contribution is -2.63. The number of likely N-dealkylation sites (tertiary alicyclic amines) is 1. The number of phenolic OH excluding ortho intramolecular Hbond substituents is 1. The first kappa shape index (κ1) is 20.6. The van der Waals surface area contributed by atoms with Crippen LogP contribution in [0.4, 0.5) is 0 Å². The van der Waals surface area contributed by atoms with Gasteiger partial charge in [0, 0.05) is 44.8 Å². The van der Waals surface area contributed by atoms with Gasteiger partial charge in [-0.2, -0.15) is 0 Å². The standard InChI is InChI=1S/C23H39N3O/c1-21(2,3)18-13-17(14-19(20(18)27)22(4,5)6)15-26-11-7-23(8-12-26)16-24-9-10-25-23/h13-14,24-25,27H,7-12,15-16H2,1-6H3. The number of nitrogens with one attached hydrogen (secondary N) is 2. The van der Waals surface area contributed by atoms with Gasteiger partial charge in [0.1, 0.15) is 5.75 Å². The van der Waals surface area contributed by atoms with E-state index in [4.69, 9.17) is 0 Å². The predicted octanol–water partition coefficient (Wildman–Crippen LogP) is 3.51. The molecule has 1 aromatic rings. The molecule has 2 saturated heterocycles. The first-order valence-electron chi connectivity index (χ1n) is 10.6. The topological polar surface area (TPSA) is 47.5 Å². The van der Waals surface area contributed by atoms with Gasteiger partial charge in [0.2, 0.25) is 0 Å². The minimum atomic E-state index is -0.0657. The van der Waals surface area contributed by atoms with Gasteiger partial charge in [-0.15, -0.1) is 0 Å². The minimum absolute atomic E-state index is 0.0657. The van der Waals surface area contributed by atoms with Crippen LogP contribution in [-0.2, 0) is 17.4 Å². The lowest BCUT2D eigenvalue weighted by atomic mass is 9.78. The Kier molecular flexibility index (Phi) is 5.64. The Hall–Kier alpha value is -1.10. The molecule has 1 aromatic carbocycles. The summed E-state index contributed by atoms with van der Waals surface area (Å²) in [5.74, 6) is 0.480. The van der Waals surface area contributed by atoms with Crippen molar-refractivity contribution in [2.75, 3.05) is 32.7 Å². The zero-order valence-electron chi connectivity index (χ0n) is 18.2. The minimum Gasteiger partial charge on any atom is -0.507 e. The predicted molar refractivity (Wildman–Crippen MR) is 114 cm³/mol. The summed E-state index contributed by atoms with van der Waals surface area (Å²) in [7, 11) is 0. The number of hydrogen-bond donors (Lipinski definition) is 3. The van der Waals surface area contributed by atoms with Crippen LogP contribution in [0.3, 0.4) is 0 Å². The Morgan fingerprint density at radius 1 is 0.963 bits per heavy atom. The van der Waals surface area contributed by atoms with Crippen molar-refractivity contribution in [1.29, 1.82) is 0 Å². The fraction of sp³-hybridized carbons (Fsp3) is 0.739. The maximum Gasteiger partial charge on any atom is 0.123 e. The van der Waals surface area contributed by atoms with Crippen LogP contribution in [0, 0.1) is 0 Å². The van der Waals surface area contributed by atoms with Gasteiger partial charge < -0.3 is 15.7 Å². The molecule has 2 heterocycles. The third kappa shape index (κ3) is 4.67. The molecular formula is C23H39N3O. The van der Waals surface area contributed by atoms with Crippen molar-refractivity contribution in [3.05, 3.63) is 28.8 Å². The highest BCUT2D eigenvalue weighted by atomic mass is 16.3. The normalized spacial score (nSPS) is 21.6. The molecule has 1 spiro atoms. The van der Waals surface area contributed by atoms with E-state index in [1.807, 2.05) is 0 Å². The van der Waals surface area contributed by atoms with Crippen LogP contribution in [-0.4, -0.2) is 48.3 Å². The zero-order chi connectivity index (χ0) is 19.9. The van der Waals surface area contributed by atoms with Crippen molar-refractivity contribution in [3.8, 4) is 5.75 Å². The molecule has 0 radical (unpaired) electrons. The number of nitrogens with zero attached hydrogens (tertiary/aromatic N) is 1. The van der Waals surface area contributed by atoms with Crippen LogP contribution in [0.1, 0.15) is 71.1 Å². The average molecular weight is 374 g/mol. The van der Waals surface area contributed by atoms with Gasteiger partial charge in [-0.1, -0.05) is 53.7 Å². The first-order chi connectivity index (χ1) is 12.5.